The highest BCUT2D eigenvalue weighted by atomic mass is 35.5. The molecule has 3 N–H and O–H groups in total. The predicted octanol–water partition coefficient (Wildman–Crippen LogP) is 4.24. The average Bonchev–Trinajstić information content (AvgIpc) is 2.55. The first-order chi connectivity index (χ1) is 11.0. The van der Waals surface area contributed by atoms with Crippen molar-refractivity contribution in [3.63, 3.8) is 0 Å². The van der Waals surface area contributed by atoms with Crippen LogP contribution in [0.3, 0.4) is 0 Å². The van der Waals surface area contributed by atoms with Gasteiger partial charge in [-0.2, -0.15) is 0 Å². The second-order valence-electron chi connectivity index (χ2n) is 5.98. The molecule has 2 aromatic carbocycles. The van der Waals surface area contributed by atoms with Crippen LogP contribution < -0.4 is 0 Å². The summed E-state index contributed by atoms with van der Waals surface area (Å²) < 4.78 is 0. The molecule has 0 aliphatic carbocycles. The number of benzene rings is 2. The Morgan fingerprint density at radius 1 is 1.12 bits per heavy atom. The minimum Gasteiger partial charge on any atom is -0.412 e. The summed E-state index contributed by atoms with van der Waals surface area (Å²) in [6, 6.07) is 15.6. The molecular weight excluding hydrogens is 377 g/mol. The van der Waals surface area contributed by atoms with Gasteiger partial charge in [0.2, 0.25) is 0 Å². The van der Waals surface area contributed by atoms with Crippen LogP contribution in [0.1, 0.15) is 24.0 Å². The monoisotopic (exact) mass is 403 g/mol. The van der Waals surface area contributed by atoms with Crippen LogP contribution in [-0.4, -0.2) is 42.4 Å². The van der Waals surface area contributed by atoms with E-state index in [2.05, 4.69) is 4.90 Å². The highest BCUT2D eigenvalue weighted by Crippen LogP contribution is 2.40. The van der Waals surface area contributed by atoms with Crippen LogP contribution in [0, 0.1) is 0 Å². The normalized spacial score (nSPS) is 12.9. The molecule has 0 aromatic heterocycles. The maximum Gasteiger partial charge on any atom is 0.116 e. The Morgan fingerprint density at radius 3 is 2.32 bits per heavy atom. The van der Waals surface area contributed by atoms with Crippen molar-refractivity contribution in [3.05, 3.63) is 64.7 Å². The number of halogens is 2. The number of hydrogen-bond acceptors (Lipinski definition) is 3. The first kappa shape index (κ1) is 24.2. The maximum atomic E-state index is 11.6. The molecule has 1 unspecified atom stereocenters. The highest BCUT2D eigenvalue weighted by Gasteiger charge is 2.33. The number of rotatable bonds is 7. The zero-order valence-electron chi connectivity index (χ0n) is 14.8. The molecule has 0 radical (unpaired) electrons. The van der Waals surface area contributed by atoms with Gasteiger partial charge in [-0.25, -0.2) is 0 Å². The van der Waals surface area contributed by atoms with E-state index in [1.165, 1.54) is 0 Å². The fourth-order valence-corrected chi connectivity index (χ4v) is 3.63. The van der Waals surface area contributed by atoms with Crippen molar-refractivity contribution < 1.29 is 10.6 Å². The SMILES string of the molecule is CSc1ccc(Cl)cc1C(O)(CCCN(C)C)c1ccccc1.Cl.O. The lowest BCUT2D eigenvalue weighted by Gasteiger charge is -2.31. The van der Waals surface area contributed by atoms with Crippen LogP contribution in [-0.2, 0) is 5.60 Å². The molecular formula is C19H27Cl2NO2S. The summed E-state index contributed by atoms with van der Waals surface area (Å²) in [7, 11) is 4.10. The van der Waals surface area contributed by atoms with E-state index in [-0.39, 0.29) is 17.9 Å². The van der Waals surface area contributed by atoms with Gasteiger partial charge in [0, 0.05) is 15.5 Å². The van der Waals surface area contributed by atoms with E-state index in [1.54, 1.807) is 11.8 Å². The van der Waals surface area contributed by atoms with Gasteiger partial charge in [-0.05, 0) is 63.5 Å². The number of hydrogen-bond donors (Lipinski definition) is 1. The second-order valence-corrected chi connectivity index (χ2v) is 7.26. The molecule has 6 heteroatoms. The van der Waals surface area contributed by atoms with Crippen molar-refractivity contribution >= 4 is 35.8 Å². The summed E-state index contributed by atoms with van der Waals surface area (Å²) in [5.74, 6) is 0. The molecule has 140 valence electrons. The summed E-state index contributed by atoms with van der Waals surface area (Å²) in [5.41, 5.74) is 0.777. The van der Waals surface area contributed by atoms with Crippen molar-refractivity contribution in [1.29, 1.82) is 0 Å². The number of aliphatic hydroxyl groups is 1. The molecule has 0 saturated heterocycles. The van der Waals surface area contributed by atoms with Gasteiger partial charge >= 0.3 is 0 Å². The minimum atomic E-state index is -1.03. The Kier molecular flexibility index (Phi) is 10.7. The third-order valence-electron chi connectivity index (χ3n) is 4.00. The Bertz CT molecular complexity index is 641. The van der Waals surface area contributed by atoms with Crippen LogP contribution in [0.15, 0.2) is 53.4 Å². The maximum absolute atomic E-state index is 11.6. The molecule has 0 amide bonds. The van der Waals surface area contributed by atoms with E-state index in [0.29, 0.717) is 11.4 Å². The van der Waals surface area contributed by atoms with Gasteiger partial charge in [0.1, 0.15) is 5.60 Å². The molecule has 1 atom stereocenters. The smallest absolute Gasteiger partial charge is 0.116 e. The highest BCUT2D eigenvalue weighted by molar-refractivity contribution is 7.98. The largest absolute Gasteiger partial charge is 0.412 e. The summed E-state index contributed by atoms with van der Waals surface area (Å²) in [6.07, 6.45) is 3.58. The standard InChI is InChI=1S/C19H24ClNOS.ClH.H2O/c1-21(2)13-7-12-19(22,15-8-5-4-6-9-15)17-14-16(20)10-11-18(17)23-3;;/h4-6,8-11,14,22H,7,12-13H2,1-3H3;1H;1H2. The molecule has 2 aromatic rings. The van der Waals surface area contributed by atoms with E-state index in [9.17, 15) is 5.11 Å². The van der Waals surface area contributed by atoms with Gasteiger partial charge in [0.05, 0.1) is 0 Å². The average molecular weight is 404 g/mol. The molecule has 0 spiro atoms. The van der Waals surface area contributed by atoms with Crippen LogP contribution >= 0.6 is 35.8 Å². The number of nitrogens with zero attached hydrogens (tertiary/aromatic N) is 1. The van der Waals surface area contributed by atoms with Crippen LogP contribution in [0.4, 0.5) is 0 Å². The first-order valence-electron chi connectivity index (χ1n) is 7.74. The molecule has 0 bridgehead atoms. The number of thioether (sulfide) groups is 1. The Morgan fingerprint density at radius 2 is 1.76 bits per heavy atom. The first-order valence-corrected chi connectivity index (χ1v) is 9.34. The van der Waals surface area contributed by atoms with Gasteiger partial charge in [-0.15, -0.1) is 24.2 Å². The molecule has 0 aliphatic rings. The predicted molar refractivity (Wildman–Crippen MR) is 111 cm³/mol. The van der Waals surface area contributed by atoms with E-state index in [1.807, 2.05) is 68.9 Å². The third kappa shape index (κ3) is 6.17. The van der Waals surface area contributed by atoms with Crippen LogP contribution in [0.25, 0.3) is 0 Å². The second kappa shape index (κ2) is 11.1. The van der Waals surface area contributed by atoms with E-state index in [0.717, 1.165) is 29.0 Å². The van der Waals surface area contributed by atoms with Gasteiger partial charge < -0.3 is 15.5 Å². The lowest BCUT2D eigenvalue weighted by molar-refractivity contribution is 0.0638. The third-order valence-corrected chi connectivity index (χ3v) is 5.03. The fourth-order valence-electron chi connectivity index (χ4n) is 2.80. The summed E-state index contributed by atoms with van der Waals surface area (Å²) in [6.45, 7) is 0.935. The van der Waals surface area contributed by atoms with E-state index >= 15 is 0 Å². The van der Waals surface area contributed by atoms with Gasteiger partial charge in [0.15, 0.2) is 0 Å². The van der Waals surface area contributed by atoms with Crippen LogP contribution in [0.2, 0.25) is 5.02 Å². The van der Waals surface area contributed by atoms with Gasteiger partial charge in [-0.1, -0.05) is 41.9 Å². The molecule has 2 rings (SSSR count). The Balaban J connectivity index is 0.00000288. The molecule has 0 fully saturated rings. The minimum absolute atomic E-state index is 0. The quantitative estimate of drug-likeness (QED) is 0.703. The Hall–Kier alpha value is -0.750. The summed E-state index contributed by atoms with van der Waals surface area (Å²) in [4.78, 5) is 3.20. The lowest BCUT2D eigenvalue weighted by Crippen LogP contribution is -2.29. The molecule has 0 heterocycles. The van der Waals surface area contributed by atoms with Crippen molar-refractivity contribution in [2.75, 3.05) is 26.9 Å². The molecule has 0 saturated carbocycles. The van der Waals surface area contributed by atoms with Crippen molar-refractivity contribution in [1.82, 2.24) is 4.90 Å². The molecule has 25 heavy (non-hydrogen) atoms. The van der Waals surface area contributed by atoms with Crippen molar-refractivity contribution in [3.8, 4) is 0 Å². The zero-order chi connectivity index (χ0) is 16.9. The van der Waals surface area contributed by atoms with Gasteiger partial charge in [0.25, 0.3) is 0 Å². The molecule has 0 aliphatic heterocycles. The lowest BCUT2D eigenvalue weighted by atomic mass is 9.82. The van der Waals surface area contributed by atoms with E-state index in [4.69, 9.17) is 11.6 Å². The summed E-state index contributed by atoms with van der Waals surface area (Å²) in [5, 5.41) is 12.3. The van der Waals surface area contributed by atoms with Crippen molar-refractivity contribution in [2.24, 2.45) is 0 Å². The van der Waals surface area contributed by atoms with E-state index < -0.39 is 5.60 Å². The Labute approximate surface area is 166 Å². The topological polar surface area (TPSA) is 55.0 Å². The zero-order valence-corrected chi connectivity index (χ0v) is 17.2. The van der Waals surface area contributed by atoms with Crippen molar-refractivity contribution in [2.45, 2.75) is 23.3 Å². The summed E-state index contributed by atoms with van der Waals surface area (Å²) >= 11 is 7.86. The van der Waals surface area contributed by atoms with Crippen LogP contribution in [0.5, 0.6) is 0 Å². The molecule has 3 nitrogen and oxygen atoms in total. The van der Waals surface area contributed by atoms with Gasteiger partial charge in [-0.3, -0.25) is 0 Å². The fraction of sp³-hybridized carbons (Fsp3) is 0.368.